The summed E-state index contributed by atoms with van der Waals surface area (Å²) < 4.78 is 19.5. The van der Waals surface area contributed by atoms with E-state index >= 15 is 0 Å². The summed E-state index contributed by atoms with van der Waals surface area (Å²) in [6.07, 6.45) is 4.88. The standard InChI is InChI=1S/C17H27BrFN3O/c1-20-17(21-10-4-3-5-12-23-2)22-11-6-7-14-8-9-15(18)13-16(14)19/h8-9,13H,3-7,10-12H2,1-2H3,(H2,20,21,22). The van der Waals surface area contributed by atoms with Gasteiger partial charge in [0.2, 0.25) is 0 Å². The van der Waals surface area contributed by atoms with E-state index in [4.69, 9.17) is 4.74 Å². The van der Waals surface area contributed by atoms with Crippen LogP contribution in [-0.4, -0.2) is 39.8 Å². The van der Waals surface area contributed by atoms with Crippen molar-refractivity contribution >= 4 is 21.9 Å². The Bertz CT molecular complexity index is 483. The van der Waals surface area contributed by atoms with Crippen molar-refractivity contribution in [3.8, 4) is 0 Å². The van der Waals surface area contributed by atoms with Gasteiger partial charge in [0.05, 0.1) is 0 Å². The molecule has 0 saturated carbocycles. The van der Waals surface area contributed by atoms with Gasteiger partial charge >= 0.3 is 0 Å². The lowest BCUT2D eigenvalue weighted by atomic mass is 10.1. The topological polar surface area (TPSA) is 45.7 Å². The van der Waals surface area contributed by atoms with Crippen molar-refractivity contribution in [3.63, 3.8) is 0 Å². The second-order valence-corrected chi connectivity index (χ2v) is 6.23. The van der Waals surface area contributed by atoms with E-state index in [9.17, 15) is 4.39 Å². The number of hydrogen-bond donors (Lipinski definition) is 2. The molecule has 1 aromatic carbocycles. The van der Waals surface area contributed by atoms with Crippen LogP contribution in [0.4, 0.5) is 4.39 Å². The van der Waals surface area contributed by atoms with E-state index in [2.05, 4.69) is 31.6 Å². The molecule has 1 rings (SSSR count). The van der Waals surface area contributed by atoms with E-state index in [-0.39, 0.29) is 5.82 Å². The monoisotopic (exact) mass is 387 g/mol. The first-order chi connectivity index (χ1) is 11.2. The molecule has 0 heterocycles. The molecule has 0 aliphatic heterocycles. The normalized spacial score (nSPS) is 11.6. The Morgan fingerprint density at radius 2 is 1.91 bits per heavy atom. The Hall–Kier alpha value is -1.14. The first-order valence-electron chi connectivity index (χ1n) is 8.04. The maximum absolute atomic E-state index is 13.7. The fraction of sp³-hybridized carbons (Fsp3) is 0.588. The fourth-order valence-electron chi connectivity index (χ4n) is 2.19. The highest BCUT2D eigenvalue weighted by atomic mass is 79.9. The van der Waals surface area contributed by atoms with Crippen molar-refractivity contribution in [2.24, 2.45) is 4.99 Å². The molecule has 0 fully saturated rings. The molecular weight excluding hydrogens is 361 g/mol. The second-order valence-electron chi connectivity index (χ2n) is 5.32. The summed E-state index contributed by atoms with van der Waals surface area (Å²) in [4.78, 5) is 4.19. The van der Waals surface area contributed by atoms with Crippen LogP contribution in [0.25, 0.3) is 0 Å². The minimum atomic E-state index is -0.155. The third-order valence-electron chi connectivity index (χ3n) is 3.47. The molecule has 0 bridgehead atoms. The SMILES string of the molecule is CN=C(NCCCCCOC)NCCCc1ccc(Br)cc1F. The summed E-state index contributed by atoms with van der Waals surface area (Å²) >= 11 is 3.27. The summed E-state index contributed by atoms with van der Waals surface area (Å²) in [7, 11) is 3.48. The summed E-state index contributed by atoms with van der Waals surface area (Å²) in [5.74, 6) is 0.644. The highest BCUT2D eigenvalue weighted by Gasteiger charge is 2.03. The molecule has 4 nitrogen and oxygen atoms in total. The lowest BCUT2D eigenvalue weighted by Crippen LogP contribution is -2.38. The van der Waals surface area contributed by atoms with Crippen LogP contribution in [0, 0.1) is 5.82 Å². The first-order valence-corrected chi connectivity index (χ1v) is 8.84. The molecule has 130 valence electrons. The number of hydrogen-bond acceptors (Lipinski definition) is 2. The minimum Gasteiger partial charge on any atom is -0.385 e. The van der Waals surface area contributed by atoms with Gasteiger partial charge in [0.25, 0.3) is 0 Å². The van der Waals surface area contributed by atoms with E-state index < -0.39 is 0 Å². The molecule has 6 heteroatoms. The van der Waals surface area contributed by atoms with Crippen molar-refractivity contribution in [2.75, 3.05) is 33.9 Å². The Morgan fingerprint density at radius 1 is 1.17 bits per heavy atom. The zero-order chi connectivity index (χ0) is 16.9. The minimum absolute atomic E-state index is 0.155. The molecule has 0 spiro atoms. The number of nitrogens with zero attached hydrogens (tertiary/aromatic N) is 1. The quantitative estimate of drug-likeness (QED) is 0.366. The number of unbranched alkanes of at least 4 members (excludes halogenated alkanes) is 2. The van der Waals surface area contributed by atoms with Crippen LogP contribution in [0.15, 0.2) is 27.7 Å². The van der Waals surface area contributed by atoms with Crippen LogP contribution >= 0.6 is 15.9 Å². The van der Waals surface area contributed by atoms with Gasteiger partial charge in [-0.15, -0.1) is 0 Å². The predicted molar refractivity (Wildman–Crippen MR) is 97.5 cm³/mol. The average Bonchev–Trinajstić information content (AvgIpc) is 2.54. The molecule has 1 aromatic rings. The van der Waals surface area contributed by atoms with Crippen molar-refractivity contribution in [2.45, 2.75) is 32.1 Å². The smallest absolute Gasteiger partial charge is 0.190 e. The number of methoxy groups -OCH3 is 1. The molecule has 0 radical (unpaired) electrons. The molecule has 0 atom stereocenters. The average molecular weight is 388 g/mol. The Morgan fingerprint density at radius 3 is 2.57 bits per heavy atom. The van der Waals surface area contributed by atoms with Gasteiger partial charge in [-0.1, -0.05) is 22.0 Å². The van der Waals surface area contributed by atoms with Gasteiger partial charge in [-0.3, -0.25) is 4.99 Å². The van der Waals surface area contributed by atoms with Crippen LogP contribution in [0.5, 0.6) is 0 Å². The van der Waals surface area contributed by atoms with Gasteiger partial charge in [-0.25, -0.2) is 4.39 Å². The number of ether oxygens (including phenoxy) is 1. The molecule has 2 N–H and O–H groups in total. The van der Waals surface area contributed by atoms with Crippen LogP contribution in [-0.2, 0) is 11.2 Å². The van der Waals surface area contributed by atoms with E-state index in [0.717, 1.165) is 61.4 Å². The van der Waals surface area contributed by atoms with Gasteiger partial charge in [-0.2, -0.15) is 0 Å². The van der Waals surface area contributed by atoms with Gasteiger partial charge in [0, 0.05) is 38.3 Å². The maximum Gasteiger partial charge on any atom is 0.190 e. The third-order valence-corrected chi connectivity index (χ3v) is 3.96. The number of nitrogens with one attached hydrogen (secondary N) is 2. The molecule has 23 heavy (non-hydrogen) atoms. The Balaban J connectivity index is 2.15. The largest absolute Gasteiger partial charge is 0.385 e. The highest BCUT2D eigenvalue weighted by molar-refractivity contribution is 9.10. The Kier molecular flexibility index (Phi) is 10.6. The molecule has 0 unspecified atom stereocenters. The number of aliphatic imine (C=N–C) groups is 1. The molecule has 0 saturated heterocycles. The van der Waals surface area contributed by atoms with Gasteiger partial charge in [-0.05, 0) is 49.8 Å². The van der Waals surface area contributed by atoms with Crippen molar-refractivity contribution in [3.05, 3.63) is 34.1 Å². The second kappa shape index (κ2) is 12.3. The lowest BCUT2D eigenvalue weighted by molar-refractivity contribution is 0.192. The zero-order valence-electron chi connectivity index (χ0n) is 14.0. The highest BCUT2D eigenvalue weighted by Crippen LogP contribution is 2.16. The lowest BCUT2D eigenvalue weighted by Gasteiger charge is -2.12. The van der Waals surface area contributed by atoms with Crippen LogP contribution in [0.3, 0.4) is 0 Å². The Labute approximate surface area is 147 Å². The van der Waals surface area contributed by atoms with Gasteiger partial charge in [0.15, 0.2) is 5.96 Å². The van der Waals surface area contributed by atoms with Crippen LogP contribution in [0.1, 0.15) is 31.2 Å². The number of halogens is 2. The van der Waals surface area contributed by atoms with Crippen molar-refractivity contribution < 1.29 is 9.13 Å². The number of aryl methyl sites for hydroxylation is 1. The summed E-state index contributed by atoms with van der Waals surface area (Å²) in [5, 5.41) is 6.54. The molecule has 0 aromatic heterocycles. The summed E-state index contributed by atoms with van der Waals surface area (Å²) in [6.45, 7) is 2.48. The van der Waals surface area contributed by atoms with Gasteiger partial charge in [0.1, 0.15) is 5.82 Å². The third kappa shape index (κ3) is 8.91. The number of guanidine groups is 1. The van der Waals surface area contributed by atoms with Gasteiger partial charge < -0.3 is 15.4 Å². The van der Waals surface area contributed by atoms with Crippen molar-refractivity contribution in [1.82, 2.24) is 10.6 Å². The fourth-order valence-corrected chi connectivity index (χ4v) is 2.52. The van der Waals surface area contributed by atoms with Crippen LogP contribution in [0.2, 0.25) is 0 Å². The molecule has 0 aliphatic carbocycles. The van der Waals surface area contributed by atoms with E-state index in [1.54, 1.807) is 14.2 Å². The molecule has 0 amide bonds. The summed E-state index contributed by atoms with van der Waals surface area (Å²) in [5.41, 5.74) is 0.746. The number of benzene rings is 1. The maximum atomic E-state index is 13.7. The zero-order valence-corrected chi connectivity index (χ0v) is 15.6. The summed E-state index contributed by atoms with van der Waals surface area (Å²) in [6, 6.07) is 5.20. The van der Waals surface area contributed by atoms with Crippen molar-refractivity contribution in [1.29, 1.82) is 0 Å². The predicted octanol–water partition coefficient (Wildman–Crippen LogP) is 3.50. The molecular formula is C17H27BrFN3O. The van der Waals surface area contributed by atoms with E-state index in [1.165, 1.54) is 6.07 Å². The van der Waals surface area contributed by atoms with E-state index in [1.807, 2.05) is 12.1 Å². The van der Waals surface area contributed by atoms with Crippen LogP contribution < -0.4 is 10.6 Å². The van der Waals surface area contributed by atoms with E-state index in [0.29, 0.717) is 6.42 Å². The molecule has 0 aliphatic rings. The first kappa shape index (κ1) is 19.9. The number of rotatable bonds is 10.